The summed E-state index contributed by atoms with van der Waals surface area (Å²) in [5.74, 6) is -0.121. The lowest BCUT2D eigenvalue weighted by Gasteiger charge is -2.15. The van der Waals surface area contributed by atoms with Crippen LogP contribution in [0.3, 0.4) is 0 Å². The van der Waals surface area contributed by atoms with E-state index in [1.807, 2.05) is 6.92 Å². The van der Waals surface area contributed by atoms with Gasteiger partial charge in [0, 0.05) is 20.0 Å². The lowest BCUT2D eigenvalue weighted by molar-refractivity contribution is -0.136. The van der Waals surface area contributed by atoms with E-state index in [9.17, 15) is 19.5 Å². The number of thioether (sulfide) groups is 1. The number of aliphatic carboxylic acids is 1. The fraction of sp³-hybridized carbons (Fsp3) is 0.588. The molecule has 1 atom stereocenters. The molecule has 0 aromatic carbocycles. The molecule has 0 bridgehead atoms. The van der Waals surface area contributed by atoms with Gasteiger partial charge in [0.15, 0.2) is 5.65 Å². The second kappa shape index (κ2) is 7.22. The van der Waals surface area contributed by atoms with Crippen molar-refractivity contribution in [3.8, 4) is 0 Å². The first kappa shape index (κ1) is 18.6. The second-order valence-electron chi connectivity index (χ2n) is 6.65. The largest absolute Gasteiger partial charge is 0.480 e. The van der Waals surface area contributed by atoms with Crippen molar-refractivity contribution in [3.05, 3.63) is 26.7 Å². The summed E-state index contributed by atoms with van der Waals surface area (Å²) in [7, 11) is 2.97. The van der Waals surface area contributed by atoms with Crippen molar-refractivity contribution >= 4 is 28.8 Å². The van der Waals surface area contributed by atoms with Crippen LogP contribution in [0.4, 0.5) is 0 Å². The molecule has 9 heteroatoms. The van der Waals surface area contributed by atoms with Gasteiger partial charge in [0.05, 0.1) is 0 Å². The number of hydrogen-bond donors (Lipinski definition) is 1. The van der Waals surface area contributed by atoms with E-state index in [4.69, 9.17) is 0 Å². The Morgan fingerprint density at radius 2 is 1.96 bits per heavy atom. The summed E-state index contributed by atoms with van der Waals surface area (Å²) in [5, 5.41) is 9.42. The molecule has 0 radical (unpaired) electrons. The molecule has 0 spiro atoms. The Bertz CT molecular complexity index is 977. The number of carboxylic acids is 1. The highest BCUT2D eigenvalue weighted by Gasteiger charge is 2.30. The first-order chi connectivity index (χ1) is 12.3. The minimum absolute atomic E-state index is 0.215. The van der Waals surface area contributed by atoms with Crippen LogP contribution in [0.5, 0.6) is 0 Å². The Kier molecular flexibility index (Phi) is 5.17. The molecule has 2 aromatic heterocycles. The molecule has 140 valence electrons. The molecule has 0 aliphatic heterocycles. The number of hydrogen-bond acceptors (Lipinski definition) is 6. The Hall–Kier alpha value is -2.16. The summed E-state index contributed by atoms with van der Waals surface area (Å²) >= 11 is 1.08. The van der Waals surface area contributed by atoms with Crippen LogP contribution in [-0.2, 0) is 18.9 Å². The zero-order valence-corrected chi connectivity index (χ0v) is 15.9. The second-order valence-corrected chi connectivity index (χ2v) is 7.84. The van der Waals surface area contributed by atoms with E-state index < -0.39 is 22.5 Å². The van der Waals surface area contributed by atoms with Crippen LogP contribution in [-0.4, -0.2) is 35.4 Å². The smallest absolute Gasteiger partial charge is 0.332 e. The quantitative estimate of drug-likeness (QED) is 0.576. The van der Waals surface area contributed by atoms with Crippen molar-refractivity contribution in [3.63, 3.8) is 0 Å². The van der Waals surface area contributed by atoms with Gasteiger partial charge >= 0.3 is 11.7 Å². The number of nitrogens with zero attached hydrogens (tertiary/aromatic N) is 4. The molecule has 0 saturated heterocycles. The highest BCUT2D eigenvalue weighted by atomic mass is 32.2. The Morgan fingerprint density at radius 1 is 1.27 bits per heavy atom. The van der Waals surface area contributed by atoms with Gasteiger partial charge in [-0.2, -0.15) is 0 Å². The van der Waals surface area contributed by atoms with Crippen molar-refractivity contribution in [1.29, 1.82) is 0 Å². The summed E-state index contributed by atoms with van der Waals surface area (Å²) in [6, 6.07) is 0. The van der Waals surface area contributed by atoms with Crippen LogP contribution in [0.25, 0.3) is 11.0 Å². The van der Waals surface area contributed by atoms with Gasteiger partial charge in [-0.15, -0.1) is 0 Å². The molecule has 1 fully saturated rings. The molecule has 1 saturated carbocycles. The fourth-order valence-electron chi connectivity index (χ4n) is 2.81. The average Bonchev–Trinajstić information content (AvgIpc) is 3.45. The normalized spacial score (nSPS) is 15.3. The monoisotopic (exact) mass is 378 g/mol. The van der Waals surface area contributed by atoms with Gasteiger partial charge in [0.25, 0.3) is 5.56 Å². The lowest BCUT2D eigenvalue weighted by Crippen LogP contribution is -2.38. The van der Waals surface area contributed by atoms with Crippen LogP contribution < -0.4 is 11.2 Å². The van der Waals surface area contributed by atoms with Gasteiger partial charge in [0.2, 0.25) is 0 Å². The van der Waals surface area contributed by atoms with E-state index in [1.54, 1.807) is 7.05 Å². The first-order valence-corrected chi connectivity index (χ1v) is 9.60. The van der Waals surface area contributed by atoms with Crippen LogP contribution >= 0.6 is 11.8 Å². The molecule has 0 unspecified atom stereocenters. The molecule has 0 amide bonds. The van der Waals surface area contributed by atoms with Crippen molar-refractivity contribution in [1.82, 2.24) is 19.1 Å². The van der Waals surface area contributed by atoms with Gasteiger partial charge in [-0.25, -0.2) is 14.8 Å². The van der Waals surface area contributed by atoms with Crippen LogP contribution in [0.2, 0.25) is 0 Å². The number of rotatable bonds is 7. The van der Waals surface area contributed by atoms with Gasteiger partial charge in [-0.1, -0.05) is 31.5 Å². The average molecular weight is 378 g/mol. The molecular formula is C17H22N4O4S. The van der Waals surface area contributed by atoms with Crippen molar-refractivity contribution in [2.24, 2.45) is 14.1 Å². The predicted molar refractivity (Wildman–Crippen MR) is 98.8 cm³/mol. The maximum Gasteiger partial charge on any atom is 0.332 e. The van der Waals surface area contributed by atoms with Crippen LogP contribution in [0.1, 0.15) is 50.8 Å². The van der Waals surface area contributed by atoms with Gasteiger partial charge in [0.1, 0.15) is 21.5 Å². The third-order valence-corrected chi connectivity index (χ3v) is 5.82. The number of carboxylic acid groups (broad SMARTS) is 1. The highest BCUT2D eigenvalue weighted by Crippen LogP contribution is 2.40. The topological polar surface area (TPSA) is 107 Å². The number of fused-ring (bicyclic) bond motifs is 1. The minimum Gasteiger partial charge on any atom is -0.480 e. The van der Waals surface area contributed by atoms with Crippen molar-refractivity contribution in [2.75, 3.05) is 0 Å². The minimum atomic E-state index is -0.926. The zero-order valence-electron chi connectivity index (χ0n) is 15.1. The van der Waals surface area contributed by atoms with Crippen molar-refractivity contribution in [2.45, 2.75) is 55.2 Å². The molecule has 2 heterocycles. The van der Waals surface area contributed by atoms with Gasteiger partial charge in [-0.05, 0) is 19.3 Å². The lowest BCUT2D eigenvalue weighted by atomic mass is 10.2. The standard InChI is InChI=1S/C17H22N4O4S/c1-4-5-6-10(16(23)24)26-14-11-13(18-12(19-14)9-7-8-9)20(2)17(25)21(3)15(11)22/h9-10H,4-8H2,1-3H3,(H,23,24)/t10-/m1/s1. The number of unbranched alkanes of at least 4 members (excludes halogenated alkanes) is 1. The van der Waals surface area contributed by atoms with Gasteiger partial charge in [-0.3, -0.25) is 18.7 Å². The van der Waals surface area contributed by atoms with E-state index in [2.05, 4.69) is 9.97 Å². The van der Waals surface area contributed by atoms with Crippen LogP contribution in [0, 0.1) is 0 Å². The summed E-state index contributed by atoms with van der Waals surface area (Å²) < 4.78 is 2.34. The maximum atomic E-state index is 12.7. The van der Waals surface area contributed by atoms with Crippen LogP contribution in [0.15, 0.2) is 14.6 Å². The number of carbonyl (C=O) groups is 1. The molecule has 1 aliphatic carbocycles. The summed E-state index contributed by atoms with van der Waals surface area (Å²) in [5.41, 5.74) is -0.677. The highest BCUT2D eigenvalue weighted by molar-refractivity contribution is 8.00. The molecule has 2 aromatic rings. The Morgan fingerprint density at radius 3 is 2.54 bits per heavy atom. The van der Waals surface area contributed by atoms with E-state index in [1.165, 1.54) is 11.6 Å². The summed E-state index contributed by atoms with van der Waals surface area (Å²) in [6.07, 6.45) is 4.09. The Labute approximate surface area is 154 Å². The predicted octanol–water partition coefficient (Wildman–Crippen LogP) is 1.64. The molecule has 26 heavy (non-hydrogen) atoms. The molecule has 3 rings (SSSR count). The molecular weight excluding hydrogens is 356 g/mol. The van der Waals surface area contributed by atoms with E-state index in [0.717, 1.165) is 42.0 Å². The van der Waals surface area contributed by atoms with E-state index in [-0.39, 0.29) is 17.0 Å². The fourth-order valence-corrected chi connectivity index (χ4v) is 3.91. The number of aryl methyl sites for hydroxylation is 1. The zero-order chi connectivity index (χ0) is 19.0. The summed E-state index contributed by atoms with van der Waals surface area (Å²) in [6.45, 7) is 2.00. The first-order valence-electron chi connectivity index (χ1n) is 8.72. The van der Waals surface area contributed by atoms with Crippen molar-refractivity contribution < 1.29 is 9.90 Å². The third-order valence-electron chi connectivity index (χ3n) is 4.58. The third kappa shape index (κ3) is 3.40. The SMILES string of the molecule is CCCC[C@@H](Sc1nc(C2CC2)nc2c1c(=O)n(C)c(=O)n2C)C(=O)O. The van der Waals surface area contributed by atoms with E-state index >= 15 is 0 Å². The van der Waals surface area contributed by atoms with Gasteiger partial charge < -0.3 is 5.11 Å². The summed E-state index contributed by atoms with van der Waals surface area (Å²) in [4.78, 5) is 45.6. The Balaban J connectivity index is 2.20. The number of aromatic nitrogens is 4. The molecule has 8 nitrogen and oxygen atoms in total. The molecule has 1 aliphatic rings. The molecule has 1 N–H and O–H groups in total. The van der Waals surface area contributed by atoms with E-state index in [0.29, 0.717) is 17.3 Å². The maximum absolute atomic E-state index is 12.7.